The summed E-state index contributed by atoms with van der Waals surface area (Å²) in [6, 6.07) is 13.3. The van der Waals surface area contributed by atoms with Gasteiger partial charge in [-0.3, -0.25) is 0 Å². The molecule has 7 heteroatoms. The molecule has 0 bridgehead atoms. The lowest BCUT2D eigenvalue weighted by Crippen LogP contribution is -2.02. The van der Waals surface area contributed by atoms with Crippen LogP contribution in [0.15, 0.2) is 58.3 Å². The van der Waals surface area contributed by atoms with E-state index >= 15 is 0 Å². The molecule has 0 saturated carbocycles. The van der Waals surface area contributed by atoms with Crippen LogP contribution in [0, 0.1) is 11.8 Å². The number of hydrogen-bond acceptors (Lipinski definition) is 6. The van der Waals surface area contributed by atoms with Crippen LogP contribution in [-0.2, 0) is 0 Å². The van der Waals surface area contributed by atoms with Crippen LogP contribution < -0.4 is 0 Å². The summed E-state index contributed by atoms with van der Waals surface area (Å²) in [6.45, 7) is 0. The zero-order valence-corrected chi connectivity index (χ0v) is 13.5. The van der Waals surface area contributed by atoms with Crippen LogP contribution in [-0.4, -0.2) is 30.8 Å². The van der Waals surface area contributed by atoms with E-state index in [0.29, 0.717) is 28.3 Å². The highest BCUT2D eigenvalue weighted by molar-refractivity contribution is 7.98. The highest BCUT2D eigenvalue weighted by atomic mass is 32.2. The van der Waals surface area contributed by atoms with Gasteiger partial charge in [0.1, 0.15) is 0 Å². The second kappa shape index (κ2) is 6.18. The van der Waals surface area contributed by atoms with Crippen molar-refractivity contribution < 1.29 is 4.42 Å². The summed E-state index contributed by atoms with van der Waals surface area (Å²) in [5.74, 6) is 7.94. The molecule has 0 radical (unpaired) electrons. The maximum Gasteiger partial charge on any atom is 0.257 e. The zero-order valence-electron chi connectivity index (χ0n) is 12.7. The molecule has 0 atom stereocenters. The van der Waals surface area contributed by atoms with Gasteiger partial charge in [0, 0.05) is 5.56 Å². The standard InChI is InChI=1S/C17H11N5OS/c1-24-17-19-14(10-9-12-6-3-2-4-7-12)18-16-20-15(21-22(16)17)13-8-5-11-23-13/h2-8,11H,1H3. The third-order valence-electron chi connectivity index (χ3n) is 3.20. The summed E-state index contributed by atoms with van der Waals surface area (Å²) in [4.78, 5) is 13.2. The number of furan rings is 1. The molecule has 3 heterocycles. The number of benzene rings is 1. The van der Waals surface area contributed by atoms with Crippen molar-refractivity contribution in [2.75, 3.05) is 6.26 Å². The van der Waals surface area contributed by atoms with Crippen molar-refractivity contribution in [1.29, 1.82) is 0 Å². The van der Waals surface area contributed by atoms with Gasteiger partial charge in [-0.05, 0) is 36.4 Å². The van der Waals surface area contributed by atoms with Gasteiger partial charge in [0.2, 0.25) is 11.6 Å². The molecular weight excluding hydrogens is 322 g/mol. The summed E-state index contributed by atoms with van der Waals surface area (Å²) in [6.07, 6.45) is 3.50. The SMILES string of the molecule is CSc1nc(C#Cc2ccccc2)nc2nc(-c3ccco3)nn12. The quantitative estimate of drug-likeness (QED) is 0.415. The van der Waals surface area contributed by atoms with Gasteiger partial charge >= 0.3 is 0 Å². The minimum absolute atomic E-state index is 0.411. The summed E-state index contributed by atoms with van der Waals surface area (Å²) in [5, 5.41) is 5.07. The fourth-order valence-corrected chi connectivity index (χ4v) is 2.58. The maximum atomic E-state index is 5.34. The second-order valence-corrected chi connectivity index (χ2v) is 5.55. The molecule has 0 unspecified atom stereocenters. The van der Waals surface area contributed by atoms with E-state index in [2.05, 4.69) is 31.9 Å². The van der Waals surface area contributed by atoms with Crippen LogP contribution in [0.25, 0.3) is 17.4 Å². The molecule has 116 valence electrons. The van der Waals surface area contributed by atoms with Gasteiger partial charge < -0.3 is 4.42 Å². The number of nitrogens with zero attached hydrogens (tertiary/aromatic N) is 5. The normalized spacial score (nSPS) is 10.5. The Morgan fingerprint density at radius 3 is 2.62 bits per heavy atom. The lowest BCUT2D eigenvalue weighted by atomic mass is 10.2. The fourth-order valence-electron chi connectivity index (χ4n) is 2.11. The molecule has 0 aliphatic heterocycles. The van der Waals surface area contributed by atoms with E-state index in [0.717, 1.165) is 5.56 Å². The molecule has 4 rings (SSSR count). The van der Waals surface area contributed by atoms with Crippen molar-refractivity contribution in [3.8, 4) is 23.4 Å². The number of hydrogen-bond donors (Lipinski definition) is 0. The highest BCUT2D eigenvalue weighted by Gasteiger charge is 2.14. The molecule has 0 saturated heterocycles. The minimum atomic E-state index is 0.411. The average Bonchev–Trinajstić information content (AvgIpc) is 3.29. The number of aromatic nitrogens is 5. The molecule has 1 aromatic carbocycles. The van der Waals surface area contributed by atoms with E-state index < -0.39 is 0 Å². The molecule has 0 fully saturated rings. The van der Waals surface area contributed by atoms with Crippen molar-refractivity contribution in [2.45, 2.75) is 5.16 Å². The minimum Gasteiger partial charge on any atom is -0.461 e. The van der Waals surface area contributed by atoms with E-state index in [1.54, 1.807) is 22.9 Å². The number of rotatable bonds is 2. The molecule has 0 aliphatic carbocycles. The predicted molar refractivity (Wildman–Crippen MR) is 90.5 cm³/mol. The van der Waals surface area contributed by atoms with E-state index in [4.69, 9.17) is 4.42 Å². The Hall–Kier alpha value is -3.11. The van der Waals surface area contributed by atoms with E-state index in [9.17, 15) is 0 Å². The summed E-state index contributed by atoms with van der Waals surface area (Å²) in [7, 11) is 0. The topological polar surface area (TPSA) is 69.1 Å². The second-order valence-electron chi connectivity index (χ2n) is 4.77. The van der Waals surface area contributed by atoms with Gasteiger partial charge in [-0.15, -0.1) is 5.10 Å². The Kier molecular flexibility index (Phi) is 3.73. The number of thioether (sulfide) groups is 1. The first-order valence-corrected chi connectivity index (χ1v) is 8.36. The Balaban J connectivity index is 1.79. The molecular formula is C17H11N5OS. The fraction of sp³-hybridized carbons (Fsp3) is 0.0588. The van der Waals surface area contributed by atoms with Gasteiger partial charge in [-0.1, -0.05) is 35.9 Å². The smallest absolute Gasteiger partial charge is 0.257 e. The van der Waals surface area contributed by atoms with Crippen LogP contribution in [0.2, 0.25) is 0 Å². The number of fused-ring (bicyclic) bond motifs is 1. The molecule has 4 aromatic rings. The molecule has 3 aromatic heterocycles. The van der Waals surface area contributed by atoms with E-state index in [1.165, 1.54) is 11.8 Å². The summed E-state index contributed by atoms with van der Waals surface area (Å²) >= 11 is 1.46. The Morgan fingerprint density at radius 2 is 1.88 bits per heavy atom. The van der Waals surface area contributed by atoms with Crippen molar-refractivity contribution in [3.63, 3.8) is 0 Å². The van der Waals surface area contributed by atoms with E-state index in [-0.39, 0.29) is 0 Å². The summed E-state index contributed by atoms with van der Waals surface area (Å²) in [5.41, 5.74) is 0.907. The highest BCUT2D eigenvalue weighted by Crippen LogP contribution is 2.19. The van der Waals surface area contributed by atoms with Crippen molar-refractivity contribution >= 4 is 17.5 Å². The monoisotopic (exact) mass is 333 g/mol. The Labute approximate surface area is 142 Å². The maximum absolute atomic E-state index is 5.34. The van der Waals surface area contributed by atoms with Gasteiger partial charge in [0.05, 0.1) is 6.26 Å². The molecule has 0 aliphatic rings. The zero-order chi connectivity index (χ0) is 16.4. The summed E-state index contributed by atoms with van der Waals surface area (Å²) < 4.78 is 6.93. The van der Waals surface area contributed by atoms with Crippen LogP contribution in [0.5, 0.6) is 0 Å². The first-order chi connectivity index (χ1) is 11.8. The Morgan fingerprint density at radius 1 is 1.00 bits per heavy atom. The largest absolute Gasteiger partial charge is 0.461 e. The Bertz CT molecular complexity index is 1050. The van der Waals surface area contributed by atoms with Crippen LogP contribution >= 0.6 is 11.8 Å². The first kappa shape index (κ1) is 14.5. The van der Waals surface area contributed by atoms with Crippen molar-refractivity contribution in [3.05, 3.63) is 60.1 Å². The van der Waals surface area contributed by atoms with Crippen LogP contribution in [0.3, 0.4) is 0 Å². The van der Waals surface area contributed by atoms with Gasteiger partial charge in [-0.2, -0.15) is 19.5 Å². The van der Waals surface area contributed by atoms with Crippen LogP contribution in [0.1, 0.15) is 11.4 Å². The third-order valence-corrected chi connectivity index (χ3v) is 3.82. The molecule has 24 heavy (non-hydrogen) atoms. The van der Waals surface area contributed by atoms with Crippen molar-refractivity contribution in [2.24, 2.45) is 0 Å². The predicted octanol–water partition coefficient (Wildman–Crippen LogP) is 2.90. The lowest BCUT2D eigenvalue weighted by molar-refractivity contribution is 0.576. The van der Waals surface area contributed by atoms with Gasteiger partial charge in [0.15, 0.2) is 10.9 Å². The third kappa shape index (κ3) is 2.75. The molecule has 0 amide bonds. The first-order valence-electron chi connectivity index (χ1n) is 7.13. The van der Waals surface area contributed by atoms with Gasteiger partial charge in [0.25, 0.3) is 5.78 Å². The van der Waals surface area contributed by atoms with Crippen molar-refractivity contribution in [1.82, 2.24) is 24.6 Å². The molecule has 0 spiro atoms. The van der Waals surface area contributed by atoms with Gasteiger partial charge in [-0.25, -0.2) is 0 Å². The molecule has 6 nitrogen and oxygen atoms in total. The average molecular weight is 333 g/mol. The molecule has 0 N–H and O–H groups in total. The van der Waals surface area contributed by atoms with Crippen LogP contribution in [0.4, 0.5) is 0 Å². The van der Waals surface area contributed by atoms with E-state index in [1.807, 2.05) is 36.6 Å². The lowest BCUT2D eigenvalue weighted by Gasteiger charge is -1.98.